The summed E-state index contributed by atoms with van der Waals surface area (Å²) in [5.41, 5.74) is 7.41. The summed E-state index contributed by atoms with van der Waals surface area (Å²) in [7, 11) is 0. The van der Waals surface area contributed by atoms with Crippen molar-refractivity contribution in [1.82, 2.24) is 15.0 Å². The lowest BCUT2D eigenvalue weighted by Gasteiger charge is -2.57. The van der Waals surface area contributed by atoms with E-state index in [4.69, 9.17) is 15.0 Å². The SMILES string of the molecule is N#Cc1cccc2c(-c3nc(-c4ccccc4)nc(-c4ccc(C56CC7CC(CC(C7)C5)C6)cc4)n3)ccc(-c3ccccc3)c12. The predicted octanol–water partition coefficient (Wildman–Crippen LogP) is 10.0. The van der Waals surface area contributed by atoms with Gasteiger partial charge >= 0.3 is 0 Å². The average molecular weight is 595 g/mol. The Morgan fingerprint density at radius 3 is 1.67 bits per heavy atom. The highest BCUT2D eigenvalue weighted by molar-refractivity contribution is 6.07. The number of hydrogen-bond acceptors (Lipinski definition) is 4. The smallest absolute Gasteiger partial charge is 0.164 e. The Kier molecular flexibility index (Phi) is 6.35. The molecular weight excluding hydrogens is 560 g/mol. The van der Waals surface area contributed by atoms with Gasteiger partial charge in [-0.15, -0.1) is 0 Å². The molecule has 1 heterocycles. The third-order valence-corrected chi connectivity index (χ3v) is 10.9. The van der Waals surface area contributed by atoms with Gasteiger partial charge in [-0.05, 0) is 95.9 Å². The number of nitriles is 1. The van der Waals surface area contributed by atoms with Gasteiger partial charge in [-0.25, -0.2) is 15.0 Å². The number of rotatable bonds is 5. The van der Waals surface area contributed by atoms with Crippen LogP contribution in [0.1, 0.15) is 49.7 Å². The zero-order valence-electron chi connectivity index (χ0n) is 25.7. The summed E-state index contributed by atoms with van der Waals surface area (Å²) in [6, 6.07) is 42.1. The minimum absolute atomic E-state index is 0.352. The Bertz CT molecular complexity index is 2090. The molecular formula is C42H34N4. The molecule has 0 atom stereocenters. The highest BCUT2D eigenvalue weighted by Gasteiger charge is 2.51. The summed E-state index contributed by atoms with van der Waals surface area (Å²) in [6.45, 7) is 0. The van der Waals surface area contributed by atoms with E-state index in [1.54, 1.807) is 0 Å². The molecule has 0 spiro atoms. The molecule has 0 amide bonds. The molecule has 222 valence electrons. The van der Waals surface area contributed by atoms with Gasteiger partial charge in [0.2, 0.25) is 0 Å². The Morgan fingerprint density at radius 2 is 1.07 bits per heavy atom. The summed E-state index contributed by atoms with van der Waals surface area (Å²) in [4.78, 5) is 15.2. The first-order valence-electron chi connectivity index (χ1n) is 16.6. The second-order valence-electron chi connectivity index (χ2n) is 13.8. The van der Waals surface area contributed by atoms with E-state index in [0.29, 0.717) is 28.5 Å². The molecule has 0 radical (unpaired) electrons. The second-order valence-corrected chi connectivity index (χ2v) is 13.8. The number of aromatic nitrogens is 3. The predicted molar refractivity (Wildman–Crippen MR) is 184 cm³/mol. The van der Waals surface area contributed by atoms with E-state index < -0.39 is 0 Å². The van der Waals surface area contributed by atoms with Crippen molar-refractivity contribution in [3.05, 3.63) is 126 Å². The van der Waals surface area contributed by atoms with Crippen LogP contribution in [0.3, 0.4) is 0 Å². The van der Waals surface area contributed by atoms with Gasteiger partial charge in [0, 0.05) is 22.1 Å². The largest absolute Gasteiger partial charge is 0.208 e. The normalized spacial score (nSPS) is 23.0. The van der Waals surface area contributed by atoms with Gasteiger partial charge in [-0.2, -0.15) is 5.26 Å². The van der Waals surface area contributed by atoms with Crippen LogP contribution in [-0.4, -0.2) is 15.0 Å². The lowest BCUT2D eigenvalue weighted by molar-refractivity contribution is -0.00518. The monoisotopic (exact) mass is 594 g/mol. The highest BCUT2D eigenvalue weighted by Crippen LogP contribution is 2.60. The molecule has 4 saturated carbocycles. The first-order valence-corrected chi connectivity index (χ1v) is 16.6. The van der Waals surface area contributed by atoms with E-state index in [0.717, 1.165) is 56.3 Å². The first kappa shape index (κ1) is 27.2. The minimum atomic E-state index is 0.352. The molecule has 4 bridgehead atoms. The van der Waals surface area contributed by atoms with E-state index in [9.17, 15) is 5.26 Å². The fourth-order valence-corrected chi connectivity index (χ4v) is 9.33. The summed E-state index contributed by atoms with van der Waals surface area (Å²) in [6.07, 6.45) is 8.40. The molecule has 0 unspecified atom stereocenters. The molecule has 5 aromatic carbocycles. The zero-order chi connectivity index (χ0) is 30.7. The van der Waals surface area contributed by atoms with Crippen LogP contribution in [-0.2, 0) is 5.41 Å². The third-order valence-electron chi connectivity index (χ3n) is 10.9. The number of hydrogen-bond donors (Lipinski definition) is 0. The maximum atomic E-state index is 10.2. The van der Waals surface area contributed by atoms with Crippen molar-refractivity contribution < 1.29 is 0 Å². The van der Waals surface area contributed by atoms with E-state index >= 15 is 0 Å². The number of fused-ring (bicyclic) bond motifs is 1. The van der Waals surface area contributed by atoms with Crippen molar-refractivity contribution >= 4 is 10.8 Å². The second kappa shape index (κ2) is 10.7. The van der Waals surface area contributed by atoms with Gasteiger partial charge in [0.1, 0.15) is 0 Å². The topological polar surface area (TPSA) is 62.5 Å². The maximum Gasteiger partial charge on any atom is 0.164 e. The van der Waals surface area contributed by atoms with Gasteiger partial charge in [0.05, 0.1) is 11.6 Å². The van der Waals surface area contributed by atoms with Crippen LogP contribution < -0.4 is 0 Å². The zero-order valence-corrected chi connectivity index (χ0v) is 25.7. The summed E-state index contributed by atoms with van der Waals surface area (Å²) >= 11 is 0. The molecule has 4 nitrogen and oxygen atoms in total. The van der Waals surface area contributed by atoms with Crippen molar-refractivity contribution in [3.63, 3.8) is 0 Å². The maximum absolute atomic E-state index is 10.2. The minimum Gasteiger partial charge on any atom is -0.208 e. The Morgan fingerprint density at radius 1 is 0.522 bits per heavy atom. The van der Waals surface area contributed by atoms with Crippen LogP contribution in [0.2, 0.25) is 0 Å². The average Bonchev–Trinajstić information content (AvgIpc) is 3.11. The Hall–Kier alpha value is -5.14. The van der Waals surface area contributed by atoms with E-state index in [2.05, 4.69) is 60.7 Å². The molecule has 4 heteroatoms. The molecule has 0 saturated heterocycles. The molecule has 4 aliphatic carbocycles. The van der Waals surface area contributed by atoms with Gasteiger partial charge in [0.15, 0.2) is 17.5 Å². The van der Waals surface area contributed by atoms with Gasteiger partial charge in [0.25, 0.3) is 0 Å². The Balaban J connectivity index is 1.18. The fraction of sp³-hybridized carbons (Fsp3) is 0.238. The van der Waals surface area contributed by atoms with Crippen LogP contribution in [0.15, 0.2) is 115 Å². The lowest BCUT2D eigenvalue weighted by atomic mass is 9.48. The number of benzene rings is 5. The molecule has 0 aliphatic heterocycles. The van der Waals surface area contributed by atoms with Gasteiger partial charge < -0.3 is 0 Å². The van der Waals surface area contributed by atoms with Gasteiger partial charge in [-0.3, -0.25) is 0 Å². The van der Waals surface area contributed by atoms with Crippen LogP contribution in [0.5, 0.6) is 0 Å². The molecule has 6 aromatic rings. The van der Waals surface area contributed by atoms with E-state index in [-0.39, 0.29) is 0 Å². The van der Waals surface area contributed by atoms with Crippen LogP contribution in [0.4, 0.5) is 0 Å². The molecule has 1 aromatic heterocycles. The van der Waals surface area contributed by atoms with E-state index in [1.807, 2.05) is 60.7 Å². The summed E-state index contributed by atoms with van der Waals surface area (Å²) in [5, 5.41) is 12.0. The third kappa shape index (κ3) is 4.53. The molecule has 46 heavy (non-hydrogen) atoms. The van der Waals surface area contributed by atoms with Crippen LogP contribution in [0.25, 0.3) is 56.1 Å². The summed E-state index contributed by atoms with van der Waals surface area (Å²) < 4.78 is 0. The summed E-state index contributed by atoms with van der Waals surface area (Å²) in [5.74, 6) is 4.65. The van der Waals surface area contributed by atoms with E-state index in [1.165, 1.54) is 44.1 Å². The molecule has 0 N–H and O–H groups in total. The van der Waals surface area contributed by atoms with Crippen molar-refractivity contribution in [2.45, 2.75) is 43.9 Å². The van der Waals surface area contributed by atoms with Crippen molar-refractivity contribution in [2.75, 3.05) is 0 Å². The molecule has 4 aliphatic rings. The Labute approximate surface area is 269 Å². The quantitative estimate of drug-likeness (QED) is 0.199. The fourth-order valence-electron chi connectivity index (χ4n) is 9.33. The van der Waals surface area contributed by atoms with Crippen molar-refractivity contribution in [1.29, 1.82) is 5.26 Å². The standard InChI is InChI=1S/C42H34N4/c43-26-33-12-7-13-36-37(19-18-35(38(33)36)30-8-3-1-4-9-30)41-45-39(31-10-5-2-6-11-31)44-40(46-41)32-14-16-34(17-15-32)42-23-27-20-28(24-42)22-29(21-27)25-42/h1-19,27-29H,20-25H2. The first-order chi connectivity index (χ1) is 22.7. The highest BCUT2D eigenvalue weighted by atomic mass is 15.0. The number of nitrogens with zero attached hydrogens (tertiary/aromatic N) is 4. The van der Waals surface area contributed by atoms with Crippen molar-refractivity contribution in [2.24, 2.45) is 17.8 Å². The van der Waals surface area contributed by atoms with Crippen molar-refractivity contribution in [3.8, 4) is 51.4 Å². The molecule has 10 rings (SSSR count). The molecule has 4 fully saturated rings. The van der Waals surface area contributed by atoms with Crippen LogP contribution >= 0.6 is 0 Å². The lowest BCUT2D eigenvalue weighted by Crippen LogP contribution is -2.48. The van der Waals surface area contributed by atoms with Crippen LogP contribution in [0, 0.1) is 29.1 Å². The van der Waals surface area contributed by atoms with Gasteiger partial charge in [-0.1, -0.05) is 103 Å².